The fraction of sp³-hybridized carbons (Fsp3) is 0.476. The third-order valence-electron chi connectivity index (χ3n) is 4.89. The van der Waals surface area contributed by atoms with Crippen molar-refractivity contribution < 1.29 is 24.1 Å². The van der Waals surface area contributed by atoms with Crippen molar-refractivity contribution in [2.24, 2.45) is 0 Å². The fourth-order valence-corrected chi connectivity index (χ4v) is 3.42. The lowest BCUT2D eigenvalue weighted by Crippen LogP contribution is -2.40. The van der Waals surface area contributed by atoms with Crippen LogP contribution < -0.4 is 11.0 Å². The van der Waals surface area contributed by atoms with Crippen LogP contribution in [0.5, 0.6) is 0 Å². The minimum Gasteiger partial charge on any atom is -0.388 e. The summed E-state index contributed by atoms with van der Waals surface area (Å²) in [5.74, 6) is -0.241. The Kier molecular flexibility index (Phi) is 7.33. The Balaban J connectivity index is 1.79. The summed E-state index contributed by atoms with van der Waals surface area (Å²) >= 11 is 0. The van der Waals surface area contributed by atoms with E-state index in [1.165, 1.54) is 16.8 Å². The molecule has 1 saturated heterocycles. The van der Waals surface area contributed by atoms with E-state index in [1.807, 2.05) is 19.9 Å². The third kappa shape index (κ3) is 4.93. The maximum absolute atomic E-state index is 12.7. The Labute approximate surface area is 174 Å². The Morgan fingerprint density at radius 2 is 2.07 bits per heavy atom. The Bertz CT molecular complexity index is 903. The molecule has 0 saturated carbocycles. The first kappa shape index (κ1) is 22.1. The number of carbonyl (C=O) groups is 1. The second-order valence-corrected chi connectivity index (χ2v) is 7.15. The number of anilines is 1. The molecule has 1 amide bonds. The molecule has 2 N–H and O–H groups in total. The summed E-state index contributed by atoms with van der Waals surface area (Å²) in [5.41, 5.74) is -0.167. The van der Waals surface area contributed by atoms with Crippen molar-refractivity contribution in [3.63, 3.8) is 0 Å². The SMILES string of the molecule is CC[C@H]1O[C@@H](n2ccc(NC(=O)c3ccccc3)nc2=O)[C@@H](OC(C)COC)C1O. The monoisotopic (exact) mass is 417 g/mol. The number of methoxy groups -OCH3 is 1. The number of ether oxygens (including phenoxy) is 3. The molecule has 1 aliphatic rings. The first-order chi connectivity index (χ1) is 14.4. The number of benzene rings is 1. The standard InChI is InChI=1S/C21H27N3O6/c1-4-15-17(25)18(29-13(2)12-28-3)20(30-15)24-11-10-16(23-21(24)27)22-19(26)14-8-6-5-7-9-14/h5-11,13,15,17-18,20,25H,4,12H2,1-3H3,(H,22,23,26,27)/t13?,15-,17?,18+,20-/m1/s1. The van der Waals surface area contributed by atoms with Gasteiger partial charge in [-0.25, -0.2) is 4.79 Å². The predicted octanol–water partition coefficient (Wildman–Crippen LogP) is 1.58. The Morgan fingerprint density at radius 1 is 1.33 bits per heavy atom. The molecule has 9 heteroatoms. The largest absolute Gasteiger partial charge is 0.388 e. The van der Waals surface area contributed by atoms with Gasteiger partial charge in [-0.05, 0) is 31.5 Å². The van der Waals surface area contributed by atoms with Gasteiger partial charge in [-0.15, -0.1) is 0 Å². The molecule has 0 spiro atoms. The van der Waals surface area contributed by atoms with E-state index in [9.17, 15) is 14.7 Å². The van der Waals surface area contributed by atoms with Gasteiger partial charge >= 0.3 is 5.69 Å². The number of rotatable bonds is 8. The lowest BCUT2D eigenvalue weighted by atomic mass is 10.1. The fourth-order valence-electron chi connectivity index (χ4n) is 3.42. The van der Waals surface area contributed by atoms with Crippen molar-refractivity contribution in [3.8, 4) is 0 Å². The normalized spacial score (nSPS) is 24.5. The van der Waals surface area contributed by atoms with Crippen LogP contribution in [0.3, 0.4) is 0 Å². The number of aliphatic hydroxyl groups excluding tert-OH is 1. The highest BCUT2D eigenvalue weighted by Gasteiger charge is 2.45. The van der Waals surface area contributed by atoms with Gasteiger partial charge < -0.3 is 24.6 Å². The molecule has 1 fully saturated rings. The minimum atomic E-state index is -0.899. The van der Waals surface area contributed by atoms with Crippen molar-refractivity contribution in [2.75, 3.05) is 19.0 Å². The molecule has 9 nitrogen and oxygen atoms in total. The van der Waals surface area contributed by atoms with Crippen molar-refractivity contribution in [3.05, 3.63) is 58.6 Å². The molecule has 1 aromatic heterocycles. The summed E-state index contributed by atoms with van der Waals surface area (Å²) in [4.78, 5) is 28.9. The Morgan fingerprint density at radius 3 is 2.70 bits per heavy atom. The van der Waals surface area contributed by atoms with Crippen LogP contribution in [-0.2, 0) is 14.2 Å². The van der Waals surface area contributed by atoms with Crippen LogP contribution in [0.2, 0.25) is 0 Å². The highest BCUT2D eigenvalue weighted by Crippen LogP contribution is 2.33. The van der Waals surface area contributed by atoms with Crippen molar-refractivity contribution in [1.82, 2.24) is 9.55 Å². The van der Waals surface area contributed by atoms with Crippen LogP contribution in [0.1, 0.15) is 36.9 Å². The second-order valence-electron chi connectivity index (χ2n) is 7.15. The smallest absolute Gasteiger partial charge is 0.351 e. The first-order valence-corrected chi connectivity index (χ1v) is 9.88. The molecular formula is C21H27N3O6. The van der Waals surface area contributed by atoms with E-state index in [4.69, 9.17) is 14.2 Å². The number of aromatic nitrogens is 2. The lowest BCUT2D eigenvalue weighted by molar-refractivity contribution is -0.111. The van der Waals surface area contributed by atoms with Gasteiger partial charge in [-0.3, -0.25) is 9.36 Å². The molecule has 2 heterocycles. The highest BCUT2D eigenvalue weighted by molar-refractivity contribution is 6.03. The molecule has 1 aromatic carbocycles. The van der Waals surface area contributed by atoms with Gasteiger partial charge in [0.15, 0.2) is 6.23 Å². The van der Waals surface area contributed by atoms with E-state index in [0.717, 1.165) is 0 Å². The van der Waals surface area contributed by atoms with Gasteiger partial charge in [0.25, 0.3) is 5.91 Å². The summed E-state index contributed by atoms with van der Waals surface area (Å²) in [7, 11) is 1.56. The van der Waals surface area contributed by atoms with Crippen LogP contribution in [0.15, 0.2) is 47.4 Å². The Hall–Kier alpha value is -2.59. The first-order valence-electron chi connectivity index (χ1n) is 9.88. The van der Waals surface area contributed by atoms with Gasteiger partial charge in [-0.1, -0.05) is 25.1 Å². The average molecular weight is 417 g/mol. The number of hydrogen-bond acceptors (Lipinski definition) is 7. The number of carbonyl (C=O) groups excluding carboxylic acids is 1. The molecule has 0 radical (unpaired) electrons. The number of nitrogens with zero attached hydrogens (tertiary/aromatic N) is 2. The average Bonchev–Trinajstić information content (AvgIpc) is 3.04. The van der Waals surface area contributed by atoms with Crippen LogP contribution in [0.4, 0.5) is 5.82 Å². The van der Waals surface area contributed by atoms with Crippen LogP contribution in [0, 0.1) is 0 Å². The van der Waals surface area contributed by atoms with E-state index in [1.54, 1.807) is 31.4 Å². The number of aliphatic hydroxyl groups is 1. The molecule has 5 atom stereocenters. The van der Waals surface area contributed by atoms with E-state index in [2.05, 4.69) is 10.3 Å². The second kappa shape index (κ2) is 9.94. The van der Waals surface area contributed by atoms with Gasteiger partial charge in [0.1, 0.15) is 18.0 Å². The van der Waals surface area contributed by atoms with E-state index >= 15 is 0 Å². The predicted molar refractivity (Wildman–Crippen MR) is 109 cm³/mol. The summed E-state index contributed by atoms with van der Waals surface area (Å²) < 4.78 is 18.2. The third-order valence-corrected chi connectivity index (χ3v) is 4.89. The number of nitrogens with one attached hydrogen (secondary N) is 1. The number of amides is 1. The highest BCUT2D eigenvalue weighted by atomic mass is 16.6. The molecule has 30 heavy (non-hydrogen) atoms. The topological polar surface area (TPSA) is 112 Å². The van der Waals surface area contributed by atoms with Crippen molar-refractivity contribution in [2.45, 2.75) is 50.9 Å². The van der Waals surface area contributed by atoms with Crippen molar-refractivity contribution in [1.29, 1.82) is 0 Å². The molecule has 162 valence electrons. The molecule has 0 bridgehead atoms. The molecule has 1 aliphatic heterocycles. The van der Waals surface area contributed by atoms with Crippen LogP contribution in [-0.4, -0.2) is 58.7 Å². The zero-order valence-corrected chi connectivity index (χ0v) is 17.2. The molecule has 2 unspecified atom stereocenters. The van der Waals surface area contributed by atoms with E-state index < -0.39 is 30.2 Å². The zero-order valence-electron chi connectivity index (χ0n) is 17.2. The van der Waals surface area contributed by atoms with Crippen LogP contribution in [0.25, 0.3) is 0 Å². The summed E-state index contributed by atoms with van der Waals surface area (Å²) in [6.45, 7) is 4.04. The quantitative estimate of drug-likeness (QED) is 0.671. The van der Waals surface area contributed by atoms with Gasteiger partial charge in [0.05, 0.1) is 18.8 Å². The lowest BCUT2D eigenvalue weighted by Gasteiger charge is -2.25. The molecule has 0 aliphatic carbocycles. The molecular weight excluding hydrogens is 390 g/mol. The van der Waals surface area contributed by atoms with Gasteiger partial charge in [0.2, 0.25) is 0 Å². The minimum absolute atomic E-state index is 0.126. The van der Waals surface area contributed by atoms with E-state index in [-0.39, 0.29) is 17.8 Å². The maximum atomic E-state index is 12.7. The number of hydrogen-bond donors (Lipinski definition) is 2. The summed E-state index contributed by atoms with van der Waals surface area (Å²) in [6.07, 6.45) is -1.24. The van der Waals surface area contributed by atoms with E-state index in [0.29, 0.717) is 18.6 Å². The van der Waals surface area contributed by atoms with Gasteiger partial charge in [0, 0.05) is 18.9 Å². The van der Waals surface area contributed by atoms with Gasteiger partial charge in [-0.2, -0.15) is 4.98 Å². The summed E-state index contributed by atoms with van der Waals surface area (Å²) in [5, 5.41) is 13.2. The maximum Gasteiger partial charge on any atom is 0.351 e. The molecule has 2 aromatic rings. The van der Waals surface area contributed by atoms with Crippen molar-refractivity contribution >= 4 is 11.7 Å². The molecule has 3 rings (SSSR count). The summed E-state index contributed by atoms with van der Waals surface area (Å²) in [6, 6.07) is 10.1. The zero-order chi connectivity index (χ0) is 21.7. The van der Waals surface area contributed by atoms with Crippen LogP contribution >= 0.6 is 0 Å².